The van der Waals surface area contributed by atoms with Crippen LogP contribution in [0.1, 0.15) is 56.3 Å². The molecule has 0 spiro atoms. The molecule has 2 atom stereocenters. The molecule has 160 valence electrons. The van der Waals surface area contributed by atoms with Crippen molar-refractivity contribution in [1.29, 1.82) is 0 Å². The fourth-order valence-corrected chi connectivity index (χ4v) is 2.81. The maximum absolute atomic E-state index is 12.0. The van der Waals surface area contributed by atoms with E-state index in [2.05, 4.69) is 16.9 Å². The number of hydrogen-bond acceptors (Lipinski definition) is 8. The molecule has 0 N–H and O–H groups in total. The fourth-order valence-electron chi connectivity index (χ4n) is 2.81. The zero-order valence-electron chi connectivity index (χ0n) is 17.2. The van der Waals surface area contributed by atoms with Gasteiger partial charge in [0, 0.05) is 5.56 Å². The second-order valence-corrected chi connectivity index (χ2v) is 6.96. The third-order valence-electron chi connectivity index (χ3n) is 4.51. The number of hydrogen-bond donors (Lipinski definition) is 0. The summed E-state index contributed by atoms with van der Waals surface area (Å²) >= 11 is 0. The van der Waals surface area contributed by atoms with Crippen LogP contribution in [0.25, 0.3) is 11.4 Å². The van der Waals surface area contributed by atoms with E-state index < -0.39 is 12.4 Å². The number of carbonyl (C=O) groups is 2. The molecule has 3 rings (SSSR count). The largest absolute Gasteiger partial charge is 0.516 e. The highest BCUT2D eigenvalue weighted by atomic mass is 16.8. The van der Waals surface area contributed by atoms with Gasteiger partial charge in [-0.2, -0.15) is 0 Å². The average Bonchev–Trinajstić information content (AvgIpc) is 3.49. The number of unbranched alkanes of at least 4 members (excludes halogenated alkanes) is 2. The first-order chi connectivity index (χ1) is 14.6. The zero-order chi connectivity index (χ0) is 21.3. The van der Waals surface area contributed by atoms with Crippen molar-refractivity contribution in [1.82, 2.24) is 9.97 Å². The fraction of sp³-hybridized carbons (Fsp3) is 0.455. The molecule has 1 aliphatic heterocycles. The lowest BCUT2D eigenvalue weighted by Gasteiger charge is -2.06. The maximum Gasteiger partial charge on any atom is 0.516 e. The van der Waals surface area contributed by atoms with Crippen LogP contribution in [-0.2, 0) is 14.2 Å². The molecule has 0 saturated carbocycles. The molecule has 1 aliphatic rings. The predicted octanol–water partition coefficient (Wildman–Crippen LogP) is 4.53. The molecular weight excluding hydrogens is 388 g/mol. The number of carbonyl (C=O) groups excluding carboxylic acids is 2. The van der Waals surface area contributed by atoms with Crippen LogP contribution >= 0.6 is 0 Å². The minimum atomic E-state index is -0.850. The lowest BCUT2D eigenvalue weighted by Crippen LogP contribution is -2.14. The molecule has 1 fully saturated rings. The molecular formula is C22H26N2O6. The second-order valence-electron chi connectivity index (χ2n) is 6.96. The summed E-state index contributed by atoms with van der Waals surface area (Å²) in [7, 11) is 0. The van der Waals surface area contributed by atoms with Crippen molar-refractivity contribution in [3.63, 3.8) is 0 Å². The summed E-state index contributed by atoms with van der Waals surface area (Å²) in [5.41, 5.74) is 1.20. The Kier molecular flexibility index (Phi) is 7.73. The zero-order valence-corrected chi connectivity index (χ0v) is 17.2. The first-order valence-electron chi connectivity index (χ1n) is 10.2. The molecule has 2 heterocycles. The summed E-state index contributed by atoms with van der Waals surface area (Å²) in [6, 6.07) is 6.83. The van der Waals surface area contributed by atoms with Crippen LogP contribution in [0.5, 0.6) is 5.75 Å². The molecule has 8 nitrogen and oxygen atoms in total. The van der Waals surface area contributed by atoms with E-state index in [-0.39, 0.29) is 17.8 Å². The van der Waals surface area contributed by atoms with Crippen molar-refractivity contribution >= 4 is 12.1 Å². The Labute approximate surface area is 175 Å². The van der Waals surface area contributed by atoms with E-state index in [0.717, 1.165) is 37.7 Å². The van der Waals surface area contributed by atoms with Gasteiger partial charge in [0.25, 0.3) is 0 Å². The smallest absolute Gasteiger partial charge is 0.462 e. The number of rotatable bonds is 10. The monoisotopic (exact) mass is 414 g/mol. The lowest BCUT2D eigenvalue weighted by molar-refractivity contribution is 0.0496. The number of esters is 1. The Hall–Kier alpha value is -3.00. The van der Waals surface area contributed by atoms with Crippen molar-refractivity contribution in [2.24, 2.45) is 0 Å². The third kappa shape index (κ3) is 6.25. The molecule has 0 unspecified atom stereocenters. The molecule has 1 aromatic carbocycles. The molecule has 1 aromatic heterocycles. The van der Waals surface area contributed by atoms with Crippen LogP contribution in [0.2, 0.25) is 0 Å². The van der Waals surface area contributed by atoms with Gasteiger partial charge in [-0.05, 0) is 25.0 Å². The van der Waals surface area contributed by atoms with E-state index in [4.69, 9.17) is 18.9 Å². The maximum atomic E-state index is 12.0. The summed E-state index contributed by atoms with van der Waals surface area (Å²) in [4.78, 5) is 32.2. The number of epoxide rings is 1. The highest BCUT2D eigenvalue weighted by molar-refractivity contribution is 5.89. The summed E-state index contributed by atoms with van der Waals surface area (Å²) in [5, 5.41) is 0. The van der Waals surface area contributed by atoms with Gasteiger partial charge in [0.05, 0.1) is 24.6 Å². The molecule has 0 aliphatic carbocycles. The minimum Gasteiger partial charge on any atom is -0.462 e. The van der Waals surface area contributed by atoms with Crippen LogP contribution in [0.4, 0.5) is 4.79 Å². The van der Waals surface area contributed by atoms with E-state index in [1.165, 1.54) is 12.4 Å². The number of nitrogens with zero attached hydrogens (tertiary/aromatic N) is 2. The minimum absolute atomic E-state index is 0.0437. The van der Waals surface area contributed by atoms with E-state index >= 15 is 0 Å². The van der Waals surface area contributed by atoms with Crippen LogP contribution in [0.3, 0.4) is 0 Å². The van der Waals surface area contributed by atoms with Crippen LogP contribution in [-0.4, -0.2) is 41.1 Å². The van der Waals surface area contributed by atoms with E-state index in [1.807, 2.05) is 6.92 Å². The van der Waals surface area contributed by atoms with Gasteiger partial charge in [-0.25, -0.2) is 19.6 Å². The summed E-state index contributed by atoms with van der Waals surface area (Å²) in [6.07, 6.45) is 6.11. The van der Waals surface area contributed by atoms with Crippen LogP contribution in [0.15, 0.2) is 36.7 Å². The summed E-state index contributed by atoms with van der Waals surface area (Å²) in [5.74, 6) is 0.262. The van der Waals surface area contributed by atoms with E-state index in [1.54, 1.807) is 24.3 Å². The number of ether oxygens (including phenoxy) is 4. The van der Waals surface area contributed by atoms with Crippen LogP contribution in [0, 0.1) is 0 Å². The van der Waals surface area contributed by atoms with Gasteiger partial charge < -0.3 is 18.9 Å². The van der Waals surface area contributed by atoms with Gasteiger partial charge in [-0.15, -0.1) is 0 Å². The van der Waals surface area contributed by atoms with Crippen molar-refractivity contribution in [3.05, 3.63) is 42.2 Å². The first-order valence-corrected chi connectivity index (χ1v) is 10.2. The topological polar surface area (TPSA) is 100 Å². The Bertz CT molecular complexity index is 838. The van der Waals surface area contributed by atoms with Gasteiger partial charge >= 0.3 is 12.1 Å². The lowest BCUT2D eigenvalue weighted by atomic mass is 10.1. The molecule has 1 saturated heterocycles. The van der Waals surface area contributed by atoms with Crippen molar-refractivity contribution in [2.75, 3.05) is 6.61 Å². The third-order valence-corrected chi connectivity index (χ3v) is 4.51. The highest BCUT2D eigenvalue weighted by Crippen LogP contribution is 2.28. The Morgan fingerprint density at radius 2 is 1.77 bits per heavy atom. The standard InChI is InChI=1S/C22H26N2O6/c1-3-5-6-12-27-20(25)16-10-8-15(9-11-16)19-23-13-17(14-24-19)28-22(26)30-21-18(29-21)7-4-2/h8-11,13-14,18,21H,3-7,12H2,1-2H3/t18-,21-/m1/s1. The SMILES string of the molecule is CCCCCOC(=O)c1ccc(-c2ncc(OC(=O)O[C@H]3O[C@@H]3CCC)cn2)cc1. The van der Waals surface area contributed by atoms with Crippen molar-refractivity contribution < 1.29 is 28.5 Å². The Balaban J connectivity index is 1.49. The average molecular weight is 414 g/mol. The van der Waals surface area contributed by atoms with E-state index in [9.17, 15) is 9.59 Å². The van der Waals surface area contributed by atoms with Crippen molar-refractivity contribution in [3.8, 4) is 17.1 Å². The quantitative estimate of drug-likeness (QED) is 0.317. The van der Waals surface area contributed by atoms with Gasteiger partial charge in [0.15, 0.2) is 11.6 Å². The van der Waals surface area contributed by atoms with Gasteiger partial charge in [0.1, 0.15) is 6.10 Å². The van der Waals surface area contributed by atoms with Gasteiger partial charge in [-0.1, -0.05) is 45.2 Å². The second kappa shape index (κ2) is 10.7. The molecule has 0 radical (unpaired) electrons. The molecule has 30 heavy (non-hydrogen) atoms. The van der Waals surface area contributed by atoms with Gasteiger partial charge in [0.2, 0.25) is 6.29 Å². The summed E-state index contributed by atoms with van der Waals surface area (Å²) < 4.78 is 20.6. The van der Waals surface area contributed by atoms with Gasteiger partial charge in [-0.3, -0.25) is 0 Å². The van der Waals surface area contributed by atoms with Crippen LogP contribution < -0.4 is 4.74 Å². The number of benzene rings is 1. The van der Waals surface area contributed by atoms with Crippen molar-refractivity contribution in [2.45, 2.75) is 58.3 Å². The molecule has 8 heteroatoms. The van der Waals surface area contributed by atoms with E-state index in [0.29, 0.717) is 18.0 Å². The molecule has 0 amide bonds. The Morgan fingerprint density at radius 3 is 2.43 bits per heavy atom. The first kappa shape index (κ1) is 21.7. The number of aromatic nitrogens is 2. The highest BCUT2D eigenvalue weighted by Gasteiger charge is 2.42. The summed E-state index contributed by atoms with van der Waals surface area (Å²) in [6.45, 7) is 4.55. The molecule has 0 bridgehead atoms. The Morgan fingerprint density at radius 1 is 1.03 bits per heavy atom. The molecule has 2 aromatic rings. The predicted molar refractivity (Wildman–Crippen MR) is 108 cm³/mol. The normalized spacial score (nSPS) is 17.3.